The molecule has 2 atom stereocenters. The monoisotopic (exact) mass is 504 g/mol. The van der Waals surface area contributed by atoms with E-state index in [0.717, 1.165) is 24.8 Å². The molecule has 5 aromatic heterocycles. The Kier molecular flexibility index (Phi) is 6.45. The lowest BCUT2D eigenvalue weighted by atomic mass is 10.2. The highest BCUT2D eigenvalue weighted by Crippen LogP contribution is 2.29. The summed E-state index contributed by atoms with van der Waals surface area (Å²) >= 11 is 0. The van der Waals surface area contributed by atoms with Gasteiger partial charge in [-0.2, -0.15) is 4.98 Å². The molecule has 0 fully saturated rings. The summed E-state index contributed by atoms with van der Waals surface area (Å²) in [4.78, 5) is 34.0. The number of nitrogens with one attached hydrogen (secondary N) is 3. The number of anilines is 4. The Labute approximate surface area is 209 Å². The number of hydrogen-bond donors (Lipinski definition) is 3. The van der Waals surface area contributed by atoms with Crippen LogP contribution in [0.25, 0.3) is 11.0 Å². The Morgan fingerprint density at radius 3 is 1.97 bits per heavy atom. The molecule has 0 aliphatic heterocycles. The normalized spacial score (nSPS) is 12.8. The SMILES string of the molecule is C[C@H](Nc1cc(Nc2cn(C)cn2)c2cnc(N[C@@H](C)c3ncc(F)cn3)nc2n1)c1ncc(F)cn1. The summed E-state index contributed by atoms with van der Waals surface area (Å²) in [6.45, 7) is 3.65. The minimum atomic E-state index is -0.518. The molecule has 14 heteroatoms. The Balaban J connectivity index is 1.47. The molecule has 0 saturated heterocycles. The topological polar surface area (TPSA) is 144 Å². The van der Waals surface area contributed by atoms with Gasteiger partial charge in [0.15, 0.2) is 17.3 Å². The molecule has 0 bridgehead atoms. The van der Waals surface area contributed by atoms with E-state index in [-0.39, 0.29) is 18.0 Å². The van der Waals surface area contributed by atoms with Gasteiger partial charge in [-0.25, -0.2) is 43.7 Å². The molecule has 0 aliphatic carbocycles. The van der Waals surface area contributed by atoms with Crippen molar-refractivity contribution in [1.82, 2.24) is 44.4 Å². The van der Waals surface area contributed by atoms with Crippen LogP contribution in [0, 0.1) is 11.6 Å². The first-order valence-electron chi connectivity index (χ1n) is 11.2. The van der Waals surface area contributed by atoms with E-state index in [9.17, 15) is 8.78 Å². The fraction of sp³-hybridized carbons (Fsp3) is 0.217. The van der Waals surface area contributed by atoms with Crippen LogP contribution >= 0.6 is 0 Å². The van der Waals surface area contributed by atoms with Gasteiger partial charge in [-0.1, -0.05) is 0 Å². The lowest BCUT2D eigenvalue weighted by molar-refractivity contribution is 0.604. The van der Waals surface area contributed by atoms with Crippen LogP contribution in [0.2, 0.25) is 0 Å². The van der Waals surface area contributed by atoms with Crippen molar-refractivity contribution < 1.29 is 8.78 Å². The van der Waals surface area contributed by atoms with Crippen molar-refractivity contribution in [3.8, 4) is 0 Å². The van der Waals surface area contributed by atoms with Gasteiger partial charge in [0.1, 0.15) is 23.3 Å². The molecule has 0 saturated carbocycles. The molecule has 0 aromatic carbocycles. The van der Waals surface area contributed by atoms with E-state index in [0.29, 0.717) is 40.0 Å². The number of rotatable bonds is 8. The van der Waals surface area contributed by atoms with Crippen molar-refractivity contribution >= 4 is 34.3 Å². The van der Waals surface area contributed by atoms with Crippen molar-refractivity contribution in [2.45, 2.75) is 25.9 Å². The Hall–Kier alpha value is -4.88. The van der Waals surface area contributed by atoms with E-state index in [1.165, 1.54) is 0 Å². The van der Waals surface area contributed by atoms with Crippen molar-refractivity contribution in [3.05, 3.63) is 72.9 Å². The van der Waals surface area contributed by atoms with Crippen LogP contribution in [0.3, 0.4) is 0 Å². The number of imidazole rings is 1. The molecule has 5 rings (SSSR count). The largest absolute Gasteiger partial charge is 0.360 e. The van der Waals surface area contributed by atoms with Crippen molar-refractivity contribution in [3.63, 3.8) is 0 Å². The predicted octanol–water partition coefficient (Wildman–Crippen LogP) is 3.71. The first-order chi connectivity index (χ1) is 17.8. The molecule has 0 spiro atoms. The zero-order valence-electron chi connectivity index (χ0n) is 20.1. The summed E-state index contributed by atoms with van der Waals surface area (Å²) < 4.78 is 28.2. The van der Waals surface area contributed by atoms with Crippen LogP contribution in [0.4, 0.5) is 32.1 Å². The molecule has 188 valence electrons. The van der Waals surface area contributed by atoms with Crippen LogP contribution < -0.4 is 16.0 Å². The summed E-state index contributed by atoms with van der Waals surface area (Å²) in [7, 11) is 1.87. The third-order valence-electron chi connectivity index (χ3n) is 5.30. The van der Waals surface area contributed by atoms with Gasteiger partial charge in [-0.15, -0.1) is 0 Å². The molecule has 3 N–H and O–H groups in total. The van der Waals surface area contributed by atoms with E-state index < -0.39 is 11.6 Å². The van der Waals surface area contributed by atoms with Crippen molar-refractivity contribution in [1.29, 1.82) is 0 Å². The van der Waals surface area contributed by atoms with E-state index in [1.807, 2.05) is 31.7 Å². The molecule has 5 aromatic rings. The summed E-state index contributed by atoms with van der Waals surface area (Å²) in [5, 5.41) is 10.3. The molecule has 0 radical (unpaired) electrons. The fourth-order valence-electron chi connectivity index (χ4n) is 3.51. The molecule has 37 heavy (non-hydrogen) atoms. The van der Waals surface area contributed by atoms with E-state index in [2.05, 4.69) is 55.8 Å². The van der Waals surface area contributed by atoms with Gasteiger partial charge < -0.3 is 20.5 Å². The lowest BCUT2D eigenvalue weighted by Crippen LogP contribution is -2.14. The highest BCUT2D eigenvalue weighted by Gasteiger charge is 2.16. The Morgan fingerprint density at radius 2 is 1.38 bits per heavy atom. The summed E-state index contributed by atoms with van der Waals surface area (Å²) in [5.74, 6) is 1.15. The number of aryl methyl sites for hydroxylation is 1. The highest BCUT2D eigenvalue weighted by atomic mass is 19.1. The molecular formula is C23H22F2N12. The van der Waals surface area contributed by atoms with Gasteiger partial charge in [-0.3, -0.25) is 0 Å². The summed E-state index contributed by atoms with van der Waals surface area (Å²) in [5.41, 5.74) is 1.06. The molecule has 5 heterocycles. The first-order valence-corrected chi connectivity index (χ1v) is 11.2. The van der Waals surface area contributed by atoms with Gasteiger partial charge in [0, 0.05) is 25.5 Å². The number of nitrogens with zero attached hydrogens (tertiary/aromatic N) is 9. The highest BCUT2D eigenvalue weighted by molar-refractivity contribution is 5.92. The number of pyridine rings is 1. The maximum Gasteiger partial charge on any atom is 0.225 e. The second-order valence-corrected chi connectivity index (χ2v) is 8.29. The number of aromatic nitrogens is 9. The summed E-state index contributed by atoms with van der Waals surface area (Å²) in [6, 6.07) is 1.03. The second-order valence-electron chi connectivity index (χ2n) is 8.29. The van der Waals surface area contributed by atoms with Gasteiger partial charge in [0.2, 0.25) is 5.95 Å². The Morgan fingerprint density at radius 1 is 0.757 bits per heavy atom. The number of hydrogen-bond acceptors (Lipinski definition) is 11. The first kappa shape index (κ1) is 23.8. The minimum Gasteiger partial charge on any atom is -0.360 e. The smallest absolute Gasteiger partial charge is 0.225 e. The molecule has 0 aliphatic rings. The van der Waals surface area contributed by atoms with Crippen LogP contribution in [0.5, 0.6) is 0 Å². The van der Waals surface area contributed by atoms with E-state index >= 15 is 0 Å². The van der Waals surface area contributed by atoms with Crippen LogP contribution in [-0.2, 0) is 7.05 Å². The van der Waals surface area contributed by atoms with Gasteiger partial charge in [-0.05, 0) is 13.8 Å². The molecular weight excluding hydrogens is 482 g/mol. The molecule has 0 amide bonds. The van der Waals surface area contributed by atoms with Gasteiger partial charge in [0.05, 0.1) is 54.3 Å². The average molecular weight is 505 g/mol. The predicted molar refractivity (Wildman–Crippen MR) is 132 cm³/mol. The molecule has 12 nitrogen and oxygen atoms in total. The van der Waals surface area contributed by atoms with Crippen molar-refractivity contribution in [2.75, 3.05) is 16.0 Å². The van der Waals surface area contributed by atoms with Crippen molar-refractivity contribution in [2.24, 2.45) is 7.05 Å². The molecule has 0 unspecified atom stereocenters. The number of halogens is 2. The lowest BCUT2D eigenvalue weighted by Gasteiger charge is -2.16. The van der Waals surface area contributed by atoms with E-state index in [1.54, 1.807) is 18.6 Å². The number of fused-ring (bicyclic) bond motifs is 1. The van der Waals surface area contributed by atoms with Crippen LogP contribution in [-0.4, -0.2) is 44.4 Å². The van der Waals surface area contributed by atoms with Crippen LogP contribution in [0.15, 0.2) is 49.6 Å². The minimum absolute atomic E-state index is 0.288. The third-order valence-corrected chi connectivity index (χ3v) is 5.30. The van der Waals surface area contributed by atoms with Gasteiger partial charge in [0.25, 0.3) is 0 Å². The maximum absolute atomic E-state index is 13.2. The van der Waals surface area contributed by atoms with E-state index in [4.69, 9.17) is 0 Å². The maximum atomic E-state index is 13.2. The Bertz CT molecular complexity index is 1520. The fourth-order valence-corrected chi connectivity index (χ4v) is 3.51. The summed E-state index contributed by atoms with van der Waals surface area (Å²) in [6.07, 6.45) is 9.56. The zero-order chi connectivity index (χ0) is 25.9. The van der Waals surface area contributed by atoms with Crippen LogP contribution in [0.1, 0.15) is 37.6 Å². The average Bonchev–Trinajstić information content (AvgIpc) is 3.29. The second kappa shape index (κ2) is 10.0. The third kappa shape index (κ3) is 5.52. The quantitative estimate of drug-likeness (QED) is 0.284. The standard InChI is InChI=1S/C23H22F2N12/c1-12(20-26-5-14(24)6-27-20)32-18-4-17(34-19-10-37(3)11-31-19)16-9-30-23(36-22(16)35-18)33-13(2)21-28-7-15(25)8-29-21/h4-13H,1-3H3,(H3,30,32,33,34,35,36)/t12-,13-/m0/s1. The van der Waals surface area contributed by atoms with Gasteiger partial charge >= 0.3 is 0 Å². The zero-order valence-corrected chi connectivity index (χ0v) is 20.1.